The zero-order valence-electron chi connectivity index (χ0n) is 15.2. The fourth-order valence-corrected chi connectivity index (χ4v) is 2.58. The van der Waals surface area contributed by atoms with Gasteiger partial charge in [-0.25, -0.2) is 9.37 Å². The number of rotatable bonds is 8. The van der Waals surface area contributed by atoms with E-state index in [1.807, 2.05) is 18.2 Å². The quantitative estimate of drug-likeness (QED) is 0.626. The van der Waals surface area contributed by atoms with Crippen molar-refractivity contribution in [2.24, 2.45) is 0 Å². The topological polar surface area (TPSA) is 68.3 Å². The number of hydrogen-bond donors (Lipinski definition) is 2. The van der Waals surface area contributed by atoms with Crippen LogP contribution in [0.3, 0.4) is 0 Å². The van der Waals surface area contributed by atoms with E-state index in [2.05, 4.69) is 20.6 Å². The number of methoxy groups -OCH3 is 2. The summed E-state index contributed by atoms with van der Waals surface area (Å²) in [7, 11) is 3.23. The lowest BCUT2D eigenvalue weighted by atomic mass is 10.1. The van der Waals surface area contributed by atoms with Crippen LogP contribution in [0, 0.1) is 5.82 Å². The predicted octanol–water partition coefficient (Wildman–Crippen LogP) is 4.03. The SMILES string of the molecule is COc1ccc(CCNc2nccc(Nc3cccc(F)c3)n2)cc1OC. The van der Waals surface area contributed by atoms with Crippen molar-refractivity contribution < 1.29 is 13.9 Å². The van der Waals surface area contributed by atoms with E-state index in [4.69, 9.17) is 9.47 Å². The zero-order valence-corrected chi connectivity index (χ0v) is 15.2. The van der Waals surface area contributed by atoms with Crippen LogP contribution in [0.15, 0.2) is 54.7 Å². The standard InChI is InChI=1S/C20H21FN4O2/c1-26-17-7-6-14(12-18(17)27-2)8-10-22-20-23-11-9-19(25-20)24-16-5-3-4-15(21)13-16/h3-7,9,11-13H,8,10H2,1-2H3,(H2,22,23,24,25). The van der Waals surface area contributed by atoms with Gasteiger partial charge in [0.05, 0.1) is 14.2 Å². The second-order valence-corrected chi connectivity index (χ2v) is 5.77. The molecule has 0 spiro atoms. The summed E-state index contributed by atoms with van der Waals surface area (Å²) in [5.41, 5.74) is 1.74. The first-order chi connectivity index (χ1) is 13.2. The Kier molecular flexibility index (Phi) is 6.04. The highest BCUT2D eigenvalue weighted by Crippen LogP contribution is 2.27. The highest BCUT2D eigenvalue weighted by molar-refractivity contribution is 5.56. The molecule has 0 saturated heterocycles. The molecule has 0 saturated carbocycles. The van der Waals surface area contributed by atoms with Crippen LogP contribution in [0.5, 0.6) is 11.5 Å². The molecule has 0 aliphatic carbocycles. The molecular formula is C20H21FN4O2. The average Bonchev–Trinajstić information content (AvgIpc) is 2.68. The van der Waals surface area contributed by atoms with Gasteiger partial charge in [0.1, 0.15) is 11.6 Å². The minimum absolute atomic E-state index is 0.303. The fourth-order valence-electron chi connectivity index (χ4n) is 2.58. The summed E-state index contributed by atoms with van der Waals surface area (Å²) in [6, 6.07) is 13.8. The van der Waals surface area contributed by atoms with E-state index in [-0.39, 0.29) is 5.82 Å². The Balaban J connectivity index is 1.58. The maximum absolute atomic E-state index is 13.3. The number of anilines is 3. The molecule has 0 unspecified atom stereocenters. The van der Waals surface area contributed by atoms with E-state index < -0.39 is 0 Å². The van der Waals surface area contributed by atoms with Crippen LogP contribution in [0.1, 0.15) is 5.56 Å². The number of ether oxygens (including phenoxy) is 2. The van der Waals surface area contributed by atoms with E-state index in [1.54, 1.807) is 38.6 Å². The Labute approximate surface area is 157 Å². The maximum Gasteiger partial charge on any atom is 0.224 e. The summed E-state index contributed by atoms with van der Waals surface area (Å²) in [6.07, 6.45) is 2.42. The van der Waals surface area contributed by atoms with Crippen molar-refractivity contribution in [3.05, 3.63) is 66.1 Å². The summed E-state index contributed by atoms with van der Waals surface area (Å²) in [5, 5.41) is 6.25. The fraction of sp³-hybridized carbons (Fsp3) is 0.200. The van der Waals surface area contributed by atoms with Crippen LogP contribution in [0.25, 0.3) is 0 Å². The van der Waals surface area contributed by atoms with Gasteiger partial charge in [-0.3, -0.25) is 0 Å². The van der Waals surface area contributed by atoms with Gasteiger partial charge in [-0.15, -0.1) is 0 Å². The first kappa shape index (κ1) is 18.4. The van der Waals surface area contributed by atoms with Gasteiger partial charge in [-0.2, -0.15) is 4.98 Å². The van der Waals surface area contributed by atoms with Crippen molar-refractivity contribution >= 4 is 17.5 Å². The third-order valence-electron chi connectivity index (χ3n) is 3.90. The second-order valence-electron chi connectivity index (χ2n) is 5.77. The molecule has 0 amide bonds. The highest BCUT2D eigenvalue weighted by Gasteiger charge is 2.05. The van der Waals surface area contributed by atoms with Gasteiger partial charge in [0.25, 0.3) is 0 Å². The largest absolute Gasteiger partial charge is 0.493 e. The number of halogens is 1. The smallest absolute Gasteiger partial charge is 0.224 e. The van der Waals surface area contributed by atoms with Crippen molar-refractivity contribution in [3.8, 4) is 11.5 Å². The summed E-state index contributed by atoms with van der Waals surface area (Å²) in [6.45, 7) is 0.652. The summed E-state index contributed by atoms with van der Waals surface area (Å²) in [4.78, 5) is 8.60. The van der Waals surface area contributed by atoms with E-state index in [0.29, 0.717) is 35.5 Å². The van der Waals surface area contributed by atoms with Gasteiger partial charge >= 0.3 is 0 Å². The Hall–Kier alpha value is -3.35. The predicted molar refractivity (Wildman–Crippen MR) is 103 cm³/mol. The number of aromatic nitrogens is 2. The minimum Gasteiger partial charge on any atom is -0.493 e. The lowest BCUT2D eigenvalue weighted by Gasteiger charge is -2.11. The zero-order chi connectivity index (χ0) is 19.1. The normalized spacial score (nSPS) is 10.3. The monoisotopic (exact) mass is 368 g/mol. The molecule has 2 N–H and O–H groups in total. The highest BCUT2D eigenvalue weighted by atomic mass is 19.1. The molecule has 0 radical (unpaired) electrons. The lowest BCUT2D eigenvalue weighted by molar-refractivity contribution is 0.354. The minimum atomic E-state index is -0.303. The lowest BCUT2D eigenvalue weighted by Crippen LogP contribution is -2.09. The molecule has 27 heavy (non-hydrogen) atoms. The van der Waals surface area contributed by atoms with Crippen molar-refractivity contribution in [1.29, 1.82) is 0 Å². The molecule has 7 heteroatoms. The molecule has 3 rings (SSSR count). The summed E-state index contributed by atoms with van der Waals surface area (Å²) >= 11 is 0. The Morgan fingerprint density at radius 2 is 1.85 bits per heavy atom. The third-order valence-corrected chi connectivity index (χ3v) is 3.90. The molecule has 0 aliphatic rings. The molecule has 0 aliphatic heterocycles. The molecule has 140 valence electrons. The number of nitrogens with zero attached hydrogens (tertiary/aromatic N) is 2. The average molecular weight is 368 g/mol. The van der Waals surface area contributed by atoms with Gasteiger partial charge in [0.15, 0.2) is 11.5 Å². The molecule has 0 atom stereocenters. The number of hydrogen-bond acceptors (Lipinski definition) is 6. The Bertz CT molecular complexity index is 905. The van der Waals surface area contributed by atoms with Gasteiger partial charge in [0, 0.05) is 18.4 Å². The van der Waals surface area contributed by atoms with E-state index in [1.165, 1.54) is 12.1 Å². The van der Waals surface area contributed by atoms with Crippen LogP contribution < -0.4 is 20.1 Å². The van der Waals surface area contributed by atoms with Crippen molar-refractivity contribution in [1.82, 2.24) is 9.97 Å². The van der Waals surface area contributed by atoms with Crippen molar-refractivity contribution in [2.45, 2.75) is 6.42 Å². The Morgan fingerprint density at radius 3 is 2.63 bits per heavy atom. The number of benzene rings is 2. The molecule has 0 bridgehead atoms. The van der Waals surface area contributed by atoms with Crippen LogP contribution in [-0.4, -0.2) is 30.7 Å². The first-order valence-electron chi connectivity index (χ1n) is 8.48. The van der Waals surface area contributed by atoms with Gasteiger partial charge in [0.2, 0.25) is 5.95 Å². The third kappa shape index (κ3) is 5.07. The van der Waals surface area contributed by atoms with Crippen LogP contribution in [0.2, 0.25) is 0 Å². The second kappa shape index (κ2) is 8.84. The van der Waals surface area contributed by atoms with Gasteiger partial charge in [-0.05, 0) is 48.4 Å². The molecule has 3 aromatic rings. The van der Waals surface area contributed by atoms with Crippen LogP contribution in [0.4, 0.5) is 21.8 Å². The maximum atomic E-state index is 13.3. The van der Waals surface area contributed by atoms with Crippen molar-refractivity contribution in [2.75, 3.05) is 31.4 Å². The molecule has 6 nitrogen and oxygen atoms in total. The van der Waals surface area contributed by atoms with Crippen LogP contribution in [-0.2, 0) is 6.42 Å². The summed E-state index contributed by atoms with van der Waals surface area (Å²) in [5.74, 6) is 2.18. The van der Waals surface area contributed by atoms with E-state index in [9.17, 15) is 4.39 Å². The molecule has 0 fully saturated rings. The van der Waals surface area contributed by atoms with Gasteiger partial charge < -0.3 is 20.1 Å². The Morgan fingerprint density at radius 1 is 1.00 bits per heavy atom. The molecular weight excluding hydrogens is 347 g/mol. The molecule has 1 heterocycles. The molecule has 1 aromatic heterocycles. The summed E-state index contributed by atoms with van der Waals surface area (Å²) < 4.78 is 23.8. The number of nitrogens with one attached hydrogen (secondary N) is 2. The van der Waals surface area contributed by atoms with Crippen molar-refractivity contribution in [3.63, 3.8) is 0 Å². The molecule has 2 aromatic carbocycles. The first-order valence-corrected chi connectivity index (χ1v) is 8.48. The van der Waals surface area contributed by atoms with Crippen LogP contribution >= 0.6 is 0 Å². The van der Waals surface area contributed by atoms with Gasteiger partial charge in [-0.1, -0.05) is 12.1 Å². The van der Waals surface area contributed by atoms with E-state index >= 15 is 0 Å². The van der Waals surface area contributed by atoms with E-state index in [0.717, 1.165) is 12.0 Å².